The highest BCUT2D eigenvalue weighted by molar-refractivity contribution is 6.12. The molecule has 5 rings (SSSR count). The standard InChI is InChI=1S/C30H29F4N3O2/c31-26-10-9-20(18-35)17-24(26)22-11-13-36(14-12-22)29(38)25-19-37(15-16-39-30(32,33)34)27-8-4-7-23(28(25)27)21-5-2-1-3-6-21/h1-10,17,19,22H,11-16,18,35H2. The van der Waals surface area contributed by atoms with Gasteiger partial charge in [-0.05, 0) is 53.1 Å². The summed E-state index contributed by atoms with van der Waals surface area (Å²) in [5.74, 6) is -0.497. The molecule has 4 aromatic rings. The number of carbonyl (C=O) groups excluding carboxylic acids is 1. The van der Waals surface area contributed by atoms with Crippen molar-refractivity contribution in [2.45, 2.75) is 38.2 Å². The number of rotatable bonds is 7. The van der Waals surface area contributed by atoms with Gasteiger partial charge in [0.25, 0.3) is 5.91 Å². The van der Waals surface area contributed by atoms with Crippen LogP contribution in [0.5, 0.6) is 0 Å². The Labute approximate surface area is 223 Å². The molecule has 1 aromatic heterocycles. The lowest BCUT2D eigenvalue weighted by Crippen LogP contribution is -2.38. The third-order valence-electron chi connectivity index (χ3n) is 7.34. The van der Waals surface area contributed by atoms with E-state index in [4.69, 9.17) is 5.73 Å². The number of piperidine rings is 1. The fraction of sp³-hybridized carbons (Fsp3) is 0.300. The van der Waals surface area contributed by atoms with Crippen LogP contribution in [-0.4, -0.2) is 41.4 Å². The van der Waals surface area contributed by atoms with E-state index in [1.54, 1.807) is 33.9 Å². The lowest BCUT2D eigenvalue weighted by Gasteiger charge is -2.32. The van der Waals surface area contributed by atoms with E-state index in [9.17, 15) is 22.4 Å². The largest absolute Gasteiger partial charge is 0.522 e. The van der Waals surface area contributed by atoms with E-state index in [0.717, 1.165) is 16.7 Å². The van der Waals surface area contributed by atoms with E-state index in [2.05, 4.69) is 4.74 Å². The first-order valence-corrected chi connectivity index (χ1v) is 12.9. The molecule has 0 unspecified atom stereocenters. The highest BCUT2D eigenvalue weighted by atomic mass is 19.4. The van der Waals surface area contributed by atoms with Gasteiger partial charge < -0.3 is 15.2 Å². The van der Waals surface area contributed by atoms with Crippen LogP contribution < -0.4 is 5.73 Å². The van der Waals surface area contributed by atoms with Crippen molar-refractivity contribution < 1.29 is 27.1 Å². The lowest BCUT2D eigenvalue weighted by molar-refractivity contribution is -0.325. The van der Waals surface area contributed by atoms with E-state index >= 15 is 0 Å². The van der Waals surface area contributed by atoms with Gasteiger partial charge in [-0.3, -0.25) is 9.53 Å². The Morgan fingerprint density at radius 3 is 2.44 bits per heavy atom. The van der Waals surface area contributed by atoms with Gasteiger partial charge in [0.05, 0.1) is 12.2 Å². The predicted octanol–water partition coefficient (Wildman–Crippen LogP) is 6.46. The number of alkyl halides is 3. The average Bonchev–Trinajstić information content (AvgIpc) is 3.31. The molecule has 2 N–H and O–H groups in total. The van der Waals surface area contributed by atoms with Gasteiger partial charge in [-0.2, -0.15) is 0 Å². The molecule has 0 atom stereocenters. The van der Waals surface area contributed by atoms with Gasteiger partial charge in [0.15, 0.2) is 0 Å². The molecule has 0 radical (unpaired) electrons. The number of benzene rings is 3. The van der Waals surface area contributed by atoms with Crippen LogP contribution in [-0.2, 0) is 17.8 Å². The molecule has 1 amide bonds. The zero-order chi connectivity index (χ0) is 27.6. The molecule has 1 saturated heterocycles. The molecule has 5 nitrogen and oxygen atoms in total. The maximum absolute atomic E-state index is 14.6. The molecule has 1 aliphatic rings. The summed E-state index contributed by atoms with van der Waals surface area (Å²) in [4.78, 5) is 15.6. The van der Waals surface area contributed by atoms with Gasteiger partial charge in [-0.25, -0.2) is 4.39 Å². The first-order valence-electron chi connectivity index (χ1n) is 12.9. The number of nitrogens with two attached hydrogens (primary N) is 1. The maximum atomic E-state index is 14.6. The van der Waals surface area contributed by atoms with Crippen LogP contribution in [0.3, 0.4) is 0 Å². The summed E-state index contributed by atoms with van der Waals surface area (Å²) in [7, 11) is 0. The number of nitrogens with zero attached hydrogens (tertiary/aromatic N) is 2. The Kier molecular flexibility index (Phi) is 7.72. The molecular formula is C30H29F4N3O2. The summed E-state index contributed by atoms with van der Waals surface area (Å²) >= 11 is 0. The summed E-state index contributed by atoms with van der Waals surface area (Å²) in [6.45, 7) is 0.558. The molecule has 3 aromatic carbocycles. The Balaban J connectivity index is 1.44. The number of likely N-dealkylation sites (tertiary alicyclic amines) is 1. The maximum Gasteiger partial charge on any atom is 0.522 e. The molecule has 2 heterocycles. The van der Waals surface area contributed by atoms with Gasteiger partial charge in [0.2, 0.25) is 0 Å². The number of hydrogen-bond donors (Lipinski definition) is 1. The van der Waals surface area contributed by atoms with E-state index in [-0.39, 0.29) is 24.2 Å². The summed E-state index contributed by atoms with van der Waals surface area (Å²) < 4.78 is 58.1. The summed E-state index contributed by atoms with van der Waals surface area (Å²) in [5, 5.41) is 0.685. The number of amides is 1. The predicted molar refractivity (Wildman–Crippen MR) is 142 cm³/mol. The van der Waals surface area contributed by atoms with Gasteiger partial charge >= 0.3 is 6.36 Å². The highest BCUT2D eigenvalue weighted by Crippen LogP contribution is 2.36. The molecule has 0 saturated carbocycles. The molecule has 1 aliphatic heterocycles. The quantitative estimate of drug-likeness (QED) is 0.274. The summed E-state index contributed by atoms with van der Waals surface area (Å²) in [5.41, 5.74) is 10.0. The highest BCUT2D eigenvalue weighted by Gasteiger charge is 2.30. The molecule has 39 heavy (non-hydrogen) atoms. The van der Waals surface area contributed by atoms with Crippen LogP contribution in [0.25, 0.3) is 22.0 Å². The van der Waals surface area contributed by atoms with Crippen LogP contribution in [0.1, 0.15) is 40.2 Å². The molecule has 204 valence electrons. The zero-order valence-electron chi connectivity index (χ0n) is 21.3. The molecule has 0 spiro atoms. The first-order chi connectivity index (χ1) is 18.7. The van der Waals surface area contributed by atoms with Gasteiger partial charge in [-0.1, -0.05) is 54.6 Å². The topological polar surface area (TPSA) is 60.5 Å². The number of ether oxygens (including phenoxy) is 1. The number of carbonyl (C=O) groups is 1. The van der Waals surface area contributed by atoms with E-state index < -0.39 is 13.0 Å². The van der Waals surface area contributed by atoms with Gasteiger partial charge in [0, 0.05) is 43.3 Å². The van der Waals surface area contributed by atoms with Crippen molar-refractivity contribution in [1.82, 2.24) is 9.47 Å². The fourth-order valence-electron chi connectivity index (χ4n) is 5.41. The second kappa shape index (κ2) is 11.2. The fourth-order valence-corrected chi connectivity index (χ4v) is 5.41. The smallest absolute Gasteiger partial charge is 0.344 e. The molecule has 1 fully saturated rings. The van der Waals surface area contributed by atoms with Crippen molar-refractivity contribution in [1.29, 1.82) is 0 Å². The van der Waals surface area contributed by atoms with Crippen LogP contribution in [0.15, 0.2) is 72.9 Å². The minimum atomic E-state index is -4.73. The van der Waals surface area contributed by atoms with Crippen molar-refractivity contribution in [3.63, 3.8) is 0 Å². The Morgan fingerprint density at radius 1 is 1.00 bits per heavy atom. The van der Waals surface area contributed by atoms with Crippen molar-refractivity contribution in [3.8, 4) is 11.1 Å². The zero-order valence-corrected chi connectivity index (χ0v) is 21.3. The number of hydrogen-bond acceptors (Lipinski definition) is 3. The van der Waals surface area contributed by atoms with Gasteiger partial charge in [0.1, 0.15) is 5.82 Å². The van der Waals surface area contributed by atoms with Crippen LogP contribution in [0, 0.1) is 5.82 Å². The molecule has 9 heteroatoms. The van der Waals surface area contributed by atoms with E-state index in [1.165, 1.54) is 6.07 Å². The number of aromatic nitrogens is 1. The van der Waals surface area contributed by atoms with Gasteiger partial charge in [-0.15, -0.1) is 13.2 Å². The number of halogens is 4. The summed E-state index contributed by atoms with van der Waals surface area (Å²) in [6, 6.07) is 20.0. The van der Waals surface area contributed by atoms with Crippen LogP contribution >= 0.6 is 0 Å². The average molecular weight is 540 g/mol. The minimum absolute atomic E-state index is 0.0266. The monoisotopic (exact) mass is 539 g/mol. The van der Waals surface area contributed by atoms with Crippen molar-refractivity contribution >= 4 is 16.8 Å². The van der Waals surface area contributed by atoms with Crippen molar-refractivity contribution in [2.24, 2.45) is 5.73 Å². The Morgan fingerprint density at radius 2 is 1.74 bits per heavy atom. The summed E-state index contributed by atoms with van der Waals surface area (Å²) in [6.07, 6.45) is -1.92. The number of fused-ring (bicyclic) bond motifs is 1. The molecular weight excluding hydrogens is 510 g/mol. The van der Waals surface area contributed by atoms with E-state index in [0.29, 0.717) is 54.5 Å². The third kappa shape index (κ3) is 5.84. The van der Waals surface area contributed by atoms with E-state index in [1.807, 2.05) is 42.5 Å². The second-order valence-electron chi connectivity index (χ2n) is 9.72. The Bertz CT molecular complexity index is 1460. The Hall–Kier alpha value is -3.69. The van der Waals surface area contributed by atoms with Crippen molar-refractivity contribution in [3.05, 3.63) is 95.4 Å². The van der Waals surface area contributed by atoms with Crippen LogP contribution in [0.4, 0.5) is 17.6 Å². The minimum Gasteiger partial charge on any atom is -0.344 e. The SMILES string of the molecule is NCc1ccc(F)c(C2CCN(C(=O)c3cn(CCOC(F)(F)F)c4cccc(-c5ccccc5)c34)CC2)c1. The third-order valence-corrected chi connectivity index (χ3v) is 7.34. The first kappa shape index (κ1) is 26.9. The van der Waals surface area contributed by atoms with Crippen LogP contribution in [0.2, 0.25) is 0 Å². The normalized spacial score (nSPS) is 14.7. The second-order valence-corrected chi connectivity index (χ2v) is 9.72. The lowest BCUT2D eigenvalue weighted by atomic mass is 9.88. The molecule has 0 aliphatic carbocycles. The molecule has 0 bridgehead atoms. The van der Waals surface area contributed by atoms with Crippen molar-refractivity contribution in [2.75, 3.05) is 19.7 Å².